The summed E-state index contributed by atoms with van der Waals surface area (Å²) in [4.78, 5) is 30.3. The van der Waals surface area contributed by atoms with Crippen LogP contribution in [0.1, 0.15) is 82.9 Å². The molecule has 0 unspecified atom stereocenters. The van der Waals surface area contributed by atoms with Crippen molar-refractivity contribution in [3.8, 4) is 23.0 Å². The van der Waals surface area contributed by atoms with Gasteiger partial charge < -0.3 is 28.7 Å². The van der Waals surface area contributed by atoms with Crippen LogP contribution in [0.3, 0.4) is 0 Å². The number of benzene rings is 3. The van der Waals surface area contributed by atoms with Crippen molar-refractivity contribution < 1.29 is 28.5 Å². The van der Waals surface area contributed by atoms with Crippen LogP contribution in [0.15, 0.2) is 78.6 Å². The number of unbranched alkanes of at least 4 members (excludes halogenated alkanes) is 5. The number of aryl methyl sites for hydroxylation is 1. The van der Waals surface area contributed by atoms with Gasteiger partial charge in [-0.15, -0.1) is 0 Å². The predicted octanol–water partition coefficient (Wildman–Crippen LogP) is 8.44. The summed E-state index contributed by atoms with van der Waals surface area (Å²) in [7, 11) is 4.06. The average molecular weight is 655 g/mol. The Morgan fingerprint density at radius 3 is 1.92 bits per heavy atom. The summed E-state index contributed by atoms with van der Waals surface area (Å²) >= 11 is 0. The Morgan fingerprint density at radius 2 is 1.33 bits per heavy atom. The van der Waals surface area contributed by atoms with Crippen LogP contribution >= 0.6 is 0 Å². The van der Waals surface area contributed by atoms with Crippen LogP contribution in [-0.2, 0) is 0 Å². The van der Waals surface area contributed by atoms with Gasteiger partial charge in [0.1, 0.15) is 29.6 Å². The van der Waals surface area contributed by atoms with Gasteiger partial charge in [-0.05, 0) is 111 Å². The fourth-order valence-corrected chi connectivity index (χ4v) is 5.34. The third-order valence-electron chi connectivity index (χ3n) is 8.48. The van der Waals surface area contributed by atoms with Gasteiger partial charge in [-0.2, -0.15) is 0 Å². The fourth-order valence-electron chi connectivity index (χ4n) is 5.34. The zero-order valence-corrected chi connectivity index (χ0v) is 29.3. The third-order valence-corrected chi connectivity index (χ3v) is 8.48. The van der Waals surface area contributed by atoms with E-state index in [1.54, 1.807) is 54.6 Å². The summed E-state index contributed by atoms with van der Waals surface area (Å²) in [6, 6.07) is 15.7. The topological polar surface area (TPSA) is 77.5 Å². The van der Waals surface area contributed by atoms with Crippen molar-refractivity contribution in [1.82, 2.24) is 9.80 Å². The number of hydrogen-bond acceptors (Lipinski definition) is 8. The summed E-state index contributed by atoms with van der Waals surface area (Å²) in [5, 5.41) is 0. The highest BCUT2D eigenvalue weighted by atomic mass is 16.5. The van der Waals surface area contributed by atoms with Gasteiger partial charge in [0, 0.05) is 32.5 Å². The van der Waals surface area contributed by atoms with Crippen LogP contribution in [0.5, 0.6) is 23.0 Å². The Bertz CT molecular complexity index is 1570. The first kappa shape index (κ1) is 36.1. The highest BCUT2D eigenvalue weighted by Crippen LogP contribution is 2.34. The van der Waals surface area contributed by atoms with Crippen molar-refractivity contribution in [3.63, 3.8) is 0 Å². The first-order chi connectivity index (χ1) is 23.2. The summed E-state index contributed by atoms with van der Waals surface area (Å²) in [5.74, 6) is 1.35. The first-order valence-electron chi connectivity index (χ1n) is 17.0. The Morgan fingerprint density at radius 1 is 0.750 bits per heavy atom. The van der Waals surface area contributed by atoms with E-state index >= 15 is 0 Å². The number of esters is 2. The minimum absolute atomic E-state index is 0.411. The molecular weight excluding hydrogens is 604 g/mol. The molecule has 0 saturated heterocycles. The smallest absolute Gasteiger partial charge is 0.343 e. The number of rotatable bonds is 17. The molecule has 0 N–H and O–H groups in total. The first-order valence-corrected chi connectivity index (χ1v) is 17.0. The molecule has 1 aliphatic rings. The molecular formula is C40H50N2O6. The highest BCUT2D eigenvalue weighted by Gasteiger charge is 2.19. The lowest BCUT2D eigenvalue weighted by atomic mass is 10.0. The molecule has 0 bridgehead atoms. The molecule has 8 nitrogen and oxygen atoms in total. The molecule has 4 rings (SSSR count). The Hall–Kier alpha value is -4.72. The number of nitrogens with zero attached hydrogens (tertiary/aromatic N) is 2. The lowest BCUT2D eigenvalue weighted by Crippen LogP contribution is -2.27. The standard InChI is InChI=1S/C40H50N2O6/c1-7-8-9-10-11-12-26-45-35-17-13-32(14-18-35)39(43)47-37-28-29(2)38(31(4)30(37)3)48-40(44)33-15-19-36(20-16-33)46-27-25-42-23-21-34(22-24-42)41(5)6/h13-23,28H,7-12,24-27H2,1-6H3. The summed E-state index contributed by atoms with van der Waals surface area (Å²) in [5.41, 5.74) is 4.16. The molecule has 8 heteroatoms. The van der Waals surface area contributed by atoms with E-state index in [1.807, 2.05) is 34.9 Å². The number of hydrogen-bond donors (Lipinski definition) is 0. The second-order valence-electron chi connectivity index (χ2n) is 12.4. The monoisotopic (exact) mass is 654 g/mol. The van der Waals surface area contributed by atoms with Crippen molar-refractivity contribution in [1.29, 1.82) is 0 Å². The molecule has 0 aromatic heterocycles. The zero-order valence-electron chi connectivity index (χ0n) is 29.3. The van der Waals surface area contributed by atoms with E-state index in [0.29, 0.717) is 47.2 Å². The van der Waals surface area contributed by atoms with Crippen LogP contribution in [0.4, 0.5) is 0 Å². The maximum Gasteiger partial charge on any atom is 0.343 e. The van der Waals surface area contributed by atoms with Crippen molar-refractivity contribution in [3.05, 3.63) is 106 Å². The van der Waals surface area contributed by atoms with Gasteiger partial charge in [0.2, 0.25) is 0 Å². The van der Waals surface area contributed by atoms with Crippen molar-refractivity contribution in [2.75, 3.05) is 40.4 Å². The molecule has 3 aromatic carbocycles. The molecule has 0 spiro atoms. The average Bonchev–Trinajstić information content (AvgIpc) is 3.09. The minimum Gasteiger partial charge on any atom is -0.494 e. The van der Waals surface area contributed by atoms with E-state index in [-0.39, 0.29) is 0 Å². The van der Waals surface area contributed by atoms with Crippen molar-refractivity contribution in [2.45, 2.75) is 66.2 Å². The van der Waals surface area contributed by atoms with E-state index in [2.05, 4.69) is 35.1 Å². The normalized spacial score (nSPS) is 12.4. The Balaban J connectivity index is 1.26. The zero-order chi connectivity index (χ0) is 34.5. The summed E-state index contributed by atoms with van der Waals surface area (Å²) in [6.07, 6.45) is 13.6. The molecule has 256 valence electrons. The maximum absolute atomic E-state index is 13.1. The third kappa shape index (κ3) is 10.4. The lowest BCUT2D eigenvalue weighted by molar-refractivity contribution is 0.0716. The van der Waals surface area contributed by atoms with Crippen LogP contribution < -0.4 is 18.9 Å². The minimum atomic E-state index is -0.474. The highest BCUT2D eigenvalue weighted by molar-refractivity contribution is 5.92. The van der Waals surface area contributed by atoms with Gasteiger partial charge >= 0.3 is 11.9 Å². The quantitative estimate of drug-likeness (QED) is 0.0816. The van der Waals surface area contributed by atoms with Crippen LogP contribution in [0, 0.1) is 20.8 Å². The predicted molar refractivity (Wildman–Crippen MR) is 190 cm³/mol. The summed E-state index contributed by atoms with van der Waals surface area (Å²) in [6.45, 7) is 10.5. The van der Waals surface area contributed by atoms with Gasteiger partial charge in [0.05, 0.1) is 24.3 Å². The van der Waals surface area contributed by atoms with Crippen LogP contribution in [0.2, 0.25) is 0 Å². The number of ether oxygens (including phenoxy) is 4. The van der Waals surface area contributed by atoms with Gasteiger partial charge in [0.25, 0.3) is 0 Å². The lowest BCUT2D eigenvalue weighted by Gasteiger charge is -2.25. The summed E-state index contributed by atoms with van der Waals surface area (Å²) < 4.78 is 23.3. The molecule has 0 fully saturated rings. The number of likely N-dealkylation sites (N-methyl/N-ethyl adjacent to an activating group) is 1. The molecule has 1 aliphatic heterocycles. The second kappa shape index (κ2) is 18.0. The van der Waals surface area contributed by atoms with Crippen LogP contribution in [-0.4, -0.2) is 62.1 Å². The largest absolute Gasteiger partial charge is 0.494 e. The van der Waals surface area contributed by atoms with E-state index in [4.69, 9.17) is 18.9 Å². The molecule has 0 atom stereocenters. The van der Waals surface area contributed by atoms with E-state index in [1.165, 1.54) is 31.4 Å². The Labute approximate surface area is 285 Å². The molecule has 0 aliphatic carbocycles. The molecule has 3 aromatic rings. The molecule has 1 heterocycles. The Kier molecular flexibility index (Phi) is 13.5. The SMILES string of the molecule is CCCCCCCCOc1ccc(C(=O)Oc2cc(C)c(OC(=O)c3ccc(OCCN4C=CC(N(C)C)=CC4)cc3)c(C)c2C)cc1. The maximum atomic E-state index is 13.1. The molecule has 0 amide bonds. The number of carbonyl (C=O) groups excluding carboxylic acids is 2. The number of allylic oxidation sites excluding steroid dienone is 1. The van der Waals surface area contributed by atoms with Gasteiger partial charge in [0.15, 0.2) is 0 Å². The number of carbonyl (C=O) groups is 2. The van der Waals surface area contributed by atoms with Crippen molar-refractivity contribution in [2.24, 2.45) is 0 Å². The molecule has 0 saturated carbocycles. The molecule has 0 radical (unpaired) electrons. The van der Waals surface area contributed by atoms with Crippen molar-refractivity contribution >= 4 is 11.9 Å². The van der Waals surface area contributed by atoms with E-state index < -0.39 is 11.9 Å². The van der Waals surface area contributed by atoms with E-state index in [0.717, 1.165) is 42.8 Å². The fraction of sp³-hybridized carbons (Fsp3) is 0.400. The van der Waals surface area contributed by atoms with Crippen LogP contribution in [0.25, 0.3) is 0 Å². The van der Waals surface area contributed by atoms with Gasteiger partial charge in [-0.3, -0.25) is 0 Å². The second-order valence-corrected chi connectivity index (χ2v) is 12.4. The van der Waals surface area contributed by atoms with E-state index in [9.17, 15) is 9.59 Å². The van der Waals surface area contributed by atoms with Gasteiger partial charge in [-0.25, -0.2) is 9.59 Å². The molecule has 48 heavy (non-hydrogen) atoms. The van der Waals surface area contributed by atoms with Gasteiger partial charge in [-0.1, -0.05) is 39.0 Å².